The zero-order chi connectivity index (χ0) is 27.0. The second kappa shape index (κ2) is 13.5. The average Bonchev–Trinajstić information content (AvgIpc) is 2.80. The van der Waals surface area contributed by atoms with E-state index in [0.29, 0.717) is 0 Å². The van der Waals surface area contributed by atoms with Crippen LogP contribution in [0.25, 0.3) is 0 Å². The van der Waals surface area contributed by atoms with Crippen LogP contribution in [0.3, 0.4) is 0 Å². The normalized spacial score (nSPS) is 10.3. The first kappa shape index (κ1) is 30.5. The highest BCUT2D eigenvalue weighted by molar-refractivity contribution is 5.40. The molecule has 0 aliphatic carbocycles. The number of rotatable bonds is 3. The first-order chi connectivity index (χ1) is 16.3. The van der Waals surface area contributed by atoms with E-state index < -0.39 is 0 Å². The molecule has 0 aliphatic heterocycles. The monoisotopic (exact) mass is 475 g/mol. The number of hydrogen-bond donors (Lipinski definition) is 0. The topological polar surface area (TPSA) is 38.7 Å². The van der Waals surface area contributed by atoms with Gasteiger partial charge in [-0.1, -0.05) is 26.8 Å². The van der Waals surface area contributed by atoms with Crippen molar-refractivity contribution < 1.29 is 0 Å². The summed E-state index contributed by atoms with van der Waals surface area (Å²) >= 11 is 0. The molecule has 3 aromatic heterocycles. The van der Waals surface area contributed by atoms with Crippen LogP contribution < -0.4 is 0 Å². The minimum absolute atomic E-state index is 1.11. The van der Waals surface area contributed by atoms with Gasteiger partial charge in [0.15, 0.2) is 0 Å². The van der Waals surface area contributed by atoms with Gasteiger partial charge in [-0.15, -0.1) is 0 Å². The SMILES string of the molecule is CCc1c(C)nc(C)c(CC)c1CC.Cc1cc(C)c(C)nc1C.Cc1nc(C)c(C)c(C)c1C. The van der Waals surface area contributed by atoms with E-state index in [1.54, 1.807) is 5.56 Å². The smallest absolute Gasteiger partial charge is 0.0410 e. The Morgan fingerprint density at radius 1 is 0.400 bits per heavy atom. The lowest BCUT2D eigenvalue weighted by atomic mass is 9.94. The van der Waals surface area contributed by atoms with Gasteiger partial charge in [-0.05, 0) is 140 Å². The van der Waals surface area contributed by atoms with E-state index in [9.17, 15) is 0 Å². The fraction of sp³-hybridized carbons (Fsp3) is 0.531. The van der Waals surface area contributed by atoms with E-state index in [4.69, 9.17) is 0 Å². The van der Waals surface area contributed by atoms with Gasteiger partial charge < -0.3 is 0 Å². The van der Waals surface area contributed by atoms with Crippen molar-refractivity contribution in [2.75, 3.05) is 0 Å². The van der Waals surface area contributed by atoms with Gasteiger partial charge in [0.2, 0.25) is 0 Å². The summed E-state index contributed by atoms with van der Waals surface area (Å²) < 4.78 is 0. The molecule has 0 amide bonds. The molecular weight excluding hydrogens is 426 g/mol. The highest BCUT2D eigenvalue weighted by Crippen LogP contribution is 2.22. The van der Waals surface area contributed by atoms with Gasteiger partial charge in [0.1, 0.15) is 0 Å². The summed E-state index contributed by atoms with van der Waals surface area (Å²) in [5.74, 6) is 0. The molecule has 3 rings (SSSR count). The molecule has 0 radical (unpaired) electrons. The molecule has 0 aromatic carbocycles. The van der Waals surface area contributed by atoms with E-state index in [0.717, 1.165) is 42.0 Å². The van der Waals surface area contributed by atoms with E-state index in [1.807, 2.05) is 13.8 Å². The predicted molar refractivity (Wildman–Crippen MR) is 153 cm³/mol. The lowest BCUT2D eigenvalue weighted by molar-refractivity contribution is 0.905. The molecule has 0 saturated heterocycles. The van der Waals surface area contributed by atoms with Crippen LogP contribution in [0.5, 0.6) is 0 Å². The van der Waals surface area contributed by atoms with Crippen molar-refractivity contribution in [3.63, 3.8) is 0 Å². The molecule has 0 unspecified atom stereocenters. The molecule has 192 valence electrons. The third kappa shape index (κ3) is 7.72. The maximum absolute atomic E-state index is 4.62. The van der Waals surface area contributed by atoms with Crippen molar-refractivity contribution >= 4 is 0 Å². The Hall–Kier alpha value is -2.55. The Labute approximate surface area is 215 Å². The summed E-state index contributed by atoms with van der Waals surface area (Å²) in [7, 11) is 0. The molecule has 0 saturated carbocycles. The minimum atomic E-state index is 1.11. The van der Waals surface area contributed by atoms with E-state index in [1.165, 1.54) is 50.3 Å². The number of pyridine rings is 3. The summed E-state index contributed by atoms with van der Waals surface area (Å²) in [5, 5.41) is 0. The summed E-state index contributed by atoms with van der Waals surface area (Å²) in [4.78, 5) is 13.4. The molecule has 0 bridgehead atoms. The summed E-state index contributed by atoms with van der Waals surface area (Å²) in [6, 6.07) is 2.18. The van der Waals surface area contributed by atoms with Gasteiger partial charge in [0, 0.05) is 34.2 Å². The molecule has 0 aliphatic rings. The van der Waals surface area contributed by atoms with Crippen LogP contribution in [-0.4, -0.2) is 15.0 Å². The van der Waals surface area contributed by atoms with E-state index in [-0.39, 0.29) is 0 Å². The van der Waals surface area contributed by atoms with Crippen molar-refractivity contribution in [2.45, 2.75) is 116 Å². The van der Waals surface area contributed by atoms with Crippen LogP contribution in [0.15, 0.2) is 6.07 Å². The van der Waals surface area contributed by atoms with Crippen molar-refractivity contribution in [2.24, 2.45) is 0 Å². The van der Waals surface area contributed by atoms with E-state index >= 15 is 0 Å². The lowest BCUT2D eigenvalue weighted by Gasteiger charge is -2.16. The molecule has 3 heteroatoms. The average molecular weight is 476 g/mol. The maximum atomic E-state index is 4.62. The summed E-state index contributed by atoms with van der Waals surface area (Å²) in [5.41, 5.74) is 18.1. The molecule has 3 aromatic rings. The van der Waals surface area contributed by atoms with Gasteiger partial charge in [0.05, 0.1) is 0 Å². The largest absolute Gasteiger partial charge is 0.258 e. The third-order valence-corrected chi connectivity index (χ3v) is 7.45. The Balaban J connectivity index is 0.000000267. The first-order valence-corrected chi connectivity index (χ1v) is 13.1. The Bertz CT molecular complexity index is 1050. The van der Waals surface area contributed by atoms with Crippen molar-refractivity contribution in [3.05, 3.63) is 84.7 Å². The Morgan fingerprint density at radius 3 is 1.03 bits per heavy atom. The molecule has 0 atom stereocenters. The van der Waals surface area contributed by atoms with Crippen LogP contribution in [-0.2, 0) is 19.3 Å². The van der Waals surface area contributed by atoms with Crippen LogP contribution in [0, 0.1) is 76.2 Å². The van der Waals surface area contributed by atoms with Gasteiger partial charge in [0.25, 0.3) is 0 Å². The molecular formula is C32H49N3. The Kier molecular flexibility index (Phi) is 11.8. The predicted octanol–water partition coefficient (Wildman–Crippen LogP) is 8.32. The Morgan fingerprint density at radius 2 is 0.714 bits per heavy atom. The number of aryl methyl sites for hydroxylation is 8. The second-order valence-corrected chi connectivity index (χ2v) is 9.73. The molecule has 0 spiro atoms. The number of nitrogens with zero attached hydrogens (tertiary/aromatic N) is 3. The van der Waals surface area contributed by atoms with Crippen LogP contribution >= 0.6 is 0 Å². The standard InChI is InChI=1S/C13H21N.C10H15N.C9H13N/c1-6-11-9(4)14-10(5)12(7-2)13(11)8-3;1-6-7(2)9(4)11-10(5)8(6)3;1-6-5-7(2)9(4)10-8(6)3/h6-8H2,1-5H3;1-5H3;5H,1-4H3. The van der Waals surface area contributed by atoms with Gasteiger partial charge in [-0.3, -0.25) is 15.0 Å². The number of hydrogen-bond acceptors (Lipinski definition) is 3. The minimum Gasteiger partial charge on any atom is -0.258 e. The maximum Gasteiger partial charge on any atom is 0.0410 e. The van der Waals surface area contributed by atoms with Gasteiger partial charge >= 0.3 is 0 Å². The van der Waals surface area contributed by atoms with Crippen molar-refractivity contribution in [1.29, 1.82) is 0 Å². The summed E-state index contributed by atoms with van der Waals surface area (Å²) in [6.45, 7) is 29.8. The molecule has 35 heavy (non-hydrogen) atoms. The highest BCUT2D eigenvalue weighted by Gasteiger charge is 2.11. The van der Waals surface area contributed by atoms with Crippen molar-refractivity contribution in [3.8, 4) is 0 Å². The number of aromatic nitrogens is 3. The molecule has 3 nitrogen and oxygen atoms in total. The zero-order valence-corrected chi connectivity index (χ0v) is 25.0. The van der Waals surface area contributed by atoms with Crippen LogP contribution in [0.2, 0.25) is 0 Å². The quantitative estimate of drug-likeness (QED) is 0.382. The molecule has 3 heterocycles. The molecule has 0 fully saturated rings. The first-order valence-electron chi connectivity index (χ1n) is 13.1. The lowest BCUT2D eigenvalue weighted by Crippen LogP contribution is -2.06. The van der Waals surface area contributed by atoms with Crippen LogP contribution in [0.4, 0.5) is 0 Å². The van der Waals surface area contributed by atoms with Crippen molar-refractivity contribution in [1.82, 2.24) is 15.0 Å². The van der Waals surface area contributed by atoms with Crippen LogP contribution in [0.1, 0.15) is 99.4 Å². The summed E-state index contributed by atoms with van der Waals surface area (Å²) in [6.07, 6.45) is 3.35. The third-order valence-electron chi connectivity index (χ3n) is 7.45. The molecule has 0 N–H and O–H groups in total. The van der Waals surface area contributed by atoms with E-state index in [2.05, 4.69) is 104 Å². The van der Waals surface area contributed by atoms with Gasteiger partial charge in [-0.25, -0.2) is 0 Å². The zero-order valence-electron chi connectivity index (χ0n) is 25.0. The fourth-order valence-electron chi connectivity index (χ4n) is 4.58. The van der Waals surface area contributed by atoms with Gasteiger partial charge in [-0.2, -0.15) is 0 Å². The second-order valence-electron chi connectivity index (χ2n) is 9.73. The highest BCUT2D eigenvalue weighted by atomic mass is 14.7. The fourth-order valence-corrected chi connectivity index (χ4v) is 4.58.